The average molecular weight is 233 g/mol. The van der Waals surface area contributed by atoms with E-state index in [1.54, 1.807) is 12.1 Å². The molecule has 1 fully saturated rings. The van der Waals surface area contributed by atoms with Crippen LogP contribution in [0, 0.1) is 5.92 Å². The molecule has 1 aliphatic rings. The van der Waals surface area contributed by atoms with E-state index >= 15 is 0 Å². The molecule has 0 spiro atoms. The van der Waals surface area contributed by atoms with Gasteiger partial charge in [-0.05, 0) is 36.5 Å². The number of rotatable bonds is 6. The van der Waals surface area contributed by atoms with Crippen molar-refractivity contribution in [3.05, 3.63) is 29.8 Å². The summed E-state index contributed by atoms with van der Waals surface area (Å²) in [6, 6.07) is 7.16. The second-order valence-electron chi connectivity index (χ2n) is 4.75. The van der Waals surface area contributed by atoms with E-state index in [9.17, 15) is 9.90 Å². The standard InChI is InChI=1S/C14H19NO2/c16-13-3-1-2-12(10-13)8-9-15-14(17)7-6-11-4-5-11/h1-3,10-11,16H,4-9H2,(H,15,17). The zero-order valence-corrected chi connectivity index (χ0v) is 9.98. The second-order valence-corrected chi connectivity index (χ2v) is 4.75. The van der Waals surface area contributed by atoms with E-state index < -0.39 is 0 Å². The number of hydrogen-bond donors (Lipinski definition) is 2. The molecule has 0 bridgehead atoms. The fourth-order valence-corrected chi connectivity index (χ4v) is 1.89. The summed E-state index contributed by atoms with van der Waals surface area (Å²) in [6.07, 6.45) is 5.07. The van der Waals surface area contributed by atoms with Gasteiger partial charge in [0.1, 0.15) is 5.75 Å². The minimum Gasteiger partial charge on any atom is -0.508 e. The van der Waals surface area contributed by atoms with Crippen LogP contribution in [0.25, 0.3) is 0 Å². The lowest BCUT2D eigenvalue weighted by Crippen LogP contribution is -2.25. The molecule has 1 aromatic rings. The number of carbonyl (C=O) groups is 1. The van der Waals surface area contributed by atoms with E-state index in [2.05, 4.69) is 5.32 Å². The molecule has 3 heteroatoms. The third-order valence-corrected chi connectivity index (χ3v) is 3.12. The highest BCUT2D eigenvalue weighted by Crippen LogP contribution is 2.33. The number of carbonyl (C=O) groups excluding carboxylic acids is 1. The molecule has 1 saturated carbocycles. The van der Waals surface area contributed by atoms with Crippen molar-refractivity contribution in [2.45, 2.75) is 32.1 Å². The lowest BCUT2D eigenvalue weighted by molar-refractivity contribution is -0.121. The van der Waals surface area contributed by atoms with E-state index in [1.807, 2.05) is 12.1 Å². The van der Waals surface area contributed by atoms with Crippen molar-refractivity contribution < 1.29 is 9.90 Å². The van der Waals surface area contributed by atoms with Crippen LogP contribution in [0.15, 0.2) is 24.3 Å². The Balaban J connectivity index is 1.62. The second kappa shape index (κ2) is 5.71. The molecule has 0 radical (unpaired) electrons. The van der Waals surface area contributed by atoms with Crippen LogP contribution in [0.2, 0.25) is 0 Å². The molecule has 1 amide bonds. The van der Waals surface area contributed by atoms with E-state index in [4.69, 9.17) is 0 Å². The number of phenols is 1. The maximum atomic E-state index is 11.5. The van der Waals surface area contributed by atoms with Crippen LogP contribution in [0.4, 0.5) is 0 Å². The molecule has 0 saturated heterocycles. The molecule has 3 nitrogen and oxygen atoms in total. The van der Waals surface area contributed by atoms with Gasteiger partial charge in [0.2, 0.25) is 5.91 Å². The van der Waals surface area contributed by atoms with Crippen LogP contribution < -0.4 is 5.32 Å². The molecule has 17 heavy (non-hydrogen) atoms. The van der Waals surface area contributed by atoms with Gasteiger partial charge in [0.05, 0.1) is 0 Å². The molecular weight excluding hydrogens is 214 g/mol. The van der Waals surface area contributed by atoms with Crippen molar-refractivity contribution in [2.75, 3.05) is 6.54 Å². The number of benzene rings is 1. The van der Waals surface area contributed by atoms with Crippen LogP contribution in [-0.4, -0.2) is 17.6 Å². The van der Waals surface area contributed by atoms with Crippen LogP contribution in [0.3, 0.4) is 0 Å². The topological polar surface area (TPSA) is 49.3 Å². The highest BCUT2D eigenvalue weighted by Gasteiger charge is 2.21. The number of amides is 1. The Bertz CT molecular complexity index is 386. The molecule has 1 aliphatic carbocycles. The Kier molecular flexibility index (Phi) is 4.02. The molecule has 0 unspecified atom stereocenters. The lowest BCUT2D eigenvalue weighted by Gasteiger charge is -2.05. The number of hydrogen-bond acceptors (Lipinski definition) is 2. The zero-order chi connectivity index (χ0) is 12.1. The molecule has 2 N–H and O–H groups in total. The Morgan fingerprint density at radius 1 is 1.41 bits per heavy atom. The van der Waals surface area contributed by atoms with Crippen molar-refractivity contribution in [3.8, 4) is 5.75 Å². The fraction of sp³-hybridized carbons (Fsp3) is 0.500. The van der Waals surface area contributed by atoms with Gasteiger partial charge in [-0.25, -0.2) is 0 Å². The maximum absolute atomic E-state index is 11.5. The first-order valence-corrected chi connectivity index (χ1v) is 6.28. The number of nitrogens with one attached hydrogen (secondary N) is 1. The lowest BCUT2D eigenvalue weighted by atomic mass is 10.1. The van der Waals surface area contributed by atoms with Crippen LogP contribution in [0.1, 0.15) is 31.2 Å². The quantitative estimate of drug-likeness (QED) is 0.791. The SMILES string of the molecule is O=C(CCC1CC1)NCCc1cccc(O)c1. The van der Waals surface area contributed by atoms with Gasteiger partial charge in [0.25, 0.3) is 0 Å². The van der Waals surface area contributed by atoms with E-state index in [1.165, 1.54) is 12.8 Å². The van der Waals surface area contributed by atoms with Gasteiger partial charge in [-0.3, -0.25) is 4.79 Å². The normalized spacial score (nSPS) is 14.6. The highest BCUT2D eigenvalue weighted by molar-refractivity contribution is 5.75. The first-order chi connectivity index (χ1) is 8.24. The van der Waals surface area contributed by atoms with Gasteiger partial charge in [-0.15, -0.1) is 0 Å². The van der Waals surface area contributed by atoms with Gasteiger partial charge in [0.15, 0.2) is 0 Å². The molecule has 1 aromatic carbocycles. The summed E-state index contributed by atoms with van der Waals surface area (Å²) in [5, 5.41) is 12.2. The molecule has 2 rings (SSSR count). The number of phenolic OH excluding ortho intramolecular Hbond substituents is 1. The first kappa shape index (κ1) is 12.0. The van der Waals surface area contributed by atoms with Crippen molar-refractivity contribution in [3.63, 3.8) is 0 Å². The maximum Gasteiger partial charge on any atom is 0.220 e. The summed E-state index contributed by atoms with van der Waals surface area (Å²) < 4.78 is 0. The van der Waals surface area contributed by atoms with Crippen LogP contribution >= 0.6 is 0 Å². The minimum atomic E-state index is 0.150. The van der Waals surface area contributed by atoms with Gasteiger partial charge < -0.3 is 10.4 Å². The van der Waals surface area contributed by atoms with E-state index in [0.717, 1.165) is 24.3 Å². The van der Waals surface area contributed by atoms with Gasteiger partial charge in [-0.2, -0.15) is 0 Å². The van der Waals surface area contributed by atoms with Crippen molar-refractivity contribution in [1.29, 1.82) is 0 Å². The van der Waals surface area contributed by atoms with E-state index in [-0.39, 0.29) is 11.7 Å². The summed E-state index contributed by atoms with van der Waals surface area (Å²) in [4.78, 5) is 11.5. The molecular formula is C14H19NO2. The monoisotopic (exact) mass is 233 g/mol. The van der Waals surface area contributed by atoms with Crippen LogP contribution in [0.5, 0.6) is 5.75 Å². The largest absolute Gasteiger partial charge is 0.508 e. The molecule has 0 aromatic heterocycles. The van der Waals surface area contributed by atoms with Gasteiger partial charge in [0, 0.05) is 13.0 Å². The molecule has 0 aliphatic heterocycles. The first-order valence-electron chi connectivity index (χ1n) is 6.28. The van der Waals surface area contributed by atoms with Crippen molar-refractivity contribution >= 4 is 5.91 Å². The third kappa shape index (κ3) is 4.47. The van der Waals surface area contributed by atoms with E-state index in [0.29, 0.717) is 13.0 Å². The molecule has 92 valence electrons. The Hall–Kier alpha value is -1.51. The Labute approximate surface area is 102 Å². The molecule has 0 heterocycles. The predicted molar refractivity (Wildman–Crippen MR) is 66.8 cm³/mol. The fourth-order valence-electron chi connectivity index (χ4n) is 1.89. The van der Waals surface area contributed by atoms with Crippen molar-refractivity contribution in [1.82, 2.24) is 5.32 Å². The summed E-state index contributed by atoms with van der Waals surface area (Å²) in [5.74, 6) is 1.24. The highest BCUT2D eigenvalue weighted by atomic mass is 16.3. The van der Waals surface area contributed by atoms with Crippen LogP contribution in [-0.2, 0) is 11.2 Å². The third-order valence-electron chi connectivity index (χ3n) is 3.12. The predicted octanol–water partition coefficient (Wildman–Crippen LogP) is 2.24. The summed E-state index contributed by atoms with van der Waals surface area (Å²) >= 11 is 0. The van der Waals surface area contributed by atoms with Gasteiger partial charge in [-0.1, -0.05) is 25.0 Å². The Morgan fingerprint density at radius 2 is 2.24 bits per heavy atom. The summed E-state index contributed by atoms with van der Waals surface area (Å²) in [5.41, 5.74) is 1.05. The summed E-state index contributed by atoms with van der Waals surface area (Å²) in [6.45, 7) is 0.646. The van der Waals surface area contributed by atoms with Gasteiger partial charge >= 0.3 is 0 Å². The smallest absolute Gasteiger partial charge is 0.220 e. The minimum absolute atomic E-state index is 0.150. The average Bonchev–Trinajstić information content (AvgIpc) is 3.10. The summed E-state index contributed by atoms with van der Waals surface area (Å²) in [7, 11) is 0. The molecule has 0 atom stereocenters. The zero-order valence-electron chi connectivity index (χ0n) is 9.98. The Morgan fingerprint density at radius 3 is 2.94 bits per heavy atom. The van der Waals surface area contributed by atoms with Crippen molar-refractivity contribution in [2.24, 2.45) is 5.92 Å². The number of aromatic hydroxyl groups is 1.